The molecule has 0 aliphatic heterocycles. The summed E-state index contributed by atoms with van der Waals surface area (Å²) < 4.78 is 9.40. The molecule has 1 aromatic carbocycles. The Bertz CT molecular complexity index is 727. The van der Waals surface area contributed by atoms with Crippen molar-refractivity contribution in [2.24, 2.45) is 5.41 Å². The first kappa shape index (κ1) is 19.0. The minimum atomic E-state index is -1.68. The van der Waals surface area contributed by atoms with Crippen LogP contribution in [0.3, 0.4) is 0 Å². The topological polar surface area (TPSA) is 69.7 Å². The fourth-order valence-electron chi connectivity index (χ4n) is 2.19. The molecule has 0 saturated carbocycles. The summed E-state index contributed by atoms with van der Waals surface area (Å²) in [5, 5.41) is 0. The molecule has 0 atom stereocenters. The SMILES string of the molecule is C#CCC(CC#Cc1ccccc1C(C)=O)(C(=O)OC)C(=O)OC. The first-order valence-electron chi connectivity index (χ1n) is 7.12. The average Bonchev–Trinajstić information content (AvgIpc) is 2.59. The van der Waals surface area contributed by atoms with Gasteiger partial charge in [-0.15, -0.1) is 12.3 Å². The molecule has 1 rings (SSSR count). The van der Waals surface area contributed by atoms with Gasteiger partial charge in [-0.05, 0) is 13.0 Å². The molecule has 0 fully saturated rings. The summed E-state index contributed by atoms with van der Waals surface area (Å²) in [7, 11) is 2.32. The van der Waals surface area contributed by atoms with Crippen LogP contribution in [-0.2, 0) is 19.1 Å². The highest BCUT2D eigenvalue weighted by atomic mass is 16.5. The minimum absolute atomic E-state index is 0.129. The van der Waals surface area contributed by atoms with Gasteiger partial charge in [0, 0.05) is 24.0 Å². The molecule has 0 amide bonds. The molecule has 0 unspecified atom stereocenters. The Morgan fingerprint density at radius 3 is 2.17 bits per heavy atom. The van der Waals surface area contributed by atoms with Crippen LogP contribution in [0, 0.1) is 29.6 Å². The molecule has 0 heterocycles. The van der Waals surface area contributed by atoms with E-state index in [-0.39, 0.29) is 18.6 Å². The van der Waals surface area contributed by atoms with Gasteiger partial charge in [0.25, 0.3) is 0 Å². The highest BCUT2D eigenvalue weighted by molar-refractivity contribution is 6.01. The van der Waals surface area contributed by atoms with Crippen LogP contribution < -0.4 is 0 Å². The third-order valence-corrected chi connectivity index (χ3v) is 3.48. The number of esters is 2. The van der Waals surface area contributed by atoms with E-state index < -0.39 is 17.4 Å². The summed E-state index contributed by atoms with van der Waals surface area (Å²) >= 11 is 0. The Balaban J connectivity index is 3.24. The van der Waals surface area contributed by atoms with E-state index in [0.29, 0.717) is 11.1 Å². The van der Waals surface area contributed by atoms with Gasteiger partial charge >= 0.3 is 11.9 Å². The number of rotatable bonds is 5. The lowest BCUT2D eigenvalue weighted by Gasteiger charge is -2.23. The van der Waals surface area contributed by atoms with Gasteiger partial charge < -0.3 is 9.47 Å². The number of carbonyl (C=O) groups is 3. The number of hydrogen-bond acceptors (Lipinski definition) is 5. The average molecular weight is 326 g/mol. The summed E-state index contributed by atoms with van der Waals surface area (Å²) in [6.45, 7) is 1.44. The molecular formula is C19H18O5. The first-order chi connectivity index (χ1) is 11.4. The molecular weight excluding hydrogens is 308 g/mol. The third kappa shape index (κ3) is 4.02. The Hall–Kier alpha value is -3.05. The van der Waals surface area contributed by atoms with Crippen LogP contribution in [0.25, 0.3) is 0 Å². The van der Waals surface area contributed by atoms with E-state index >= 15 is 0 Å². The van der Waals surface area contributed by atoms with Crippen molar-refractivity contribution in [1.29, 1.82) is 0 Å². The van der Waals surface area contributed by atoms with Crippen LogP contribution >= 0.6 is 0 Å². The fraction of sp³-hybridized carbons (Fsp3) is 0.316. The second kappa shape index (κ2) is 8.55. The molecule has 5 heteroatoms. The quantitative estimate of drug-likeness (QED) is 0.358. The summed E-state index contributed by atoms with van der Waals surface area (Å²) in [4.78, 5) is 35.8. The van der Waals surface area contributed by atoms with Crippen LogP contribution in [0.2, 0.25) is 0 Å². The Labute approximate surface area is 141 Å². The summed E-state index contributed by atoms with van der Waals surface area (Å²) in [5.74, 6) is 6.12. The third-order valence-electron chi connectivity index (χ3n) is 3.48. The van der Waals surface area contributed by atoms with Crippen molar-refractivity contribution in [3.8, 4) is 24.2 Å². The molecule has 1 aromatic rings. The first-order valence-corrected chi connectivity index (χ1v) is 7.12. The number of ether oxygens (including phenoxy) is 2. The van der Waals surface area contributed by atoms with Crippen molar-refractivity contribution in [3.05, 3.63) is 35.4 Å². The lowest BCUT2D eigenvalue weighted by molar-refractivity contribution is -0.168. The minimum Gasteiger partial charge on any atom is -0.468 e. The lowest BCUT2D eigenvalue weighted by atomic mass is 9.81. The number of Topliss-reactive ketones (excluding diaryl/α,β-unsaturated/α-hetero) is 1. The van der Waals surface area contributed by atoms with E-state index in [9.17, 15) is 14.4 Å². The van der Waals surface area contributed by atoms with Gasteiger partial charge in [0.15, 0.2) is 11.2 Å². The number of carbonyl (C=O) groups excluding carboxylic acids is 3. The number of hydrogen-bond donors (Lipinski definition) is 0. The van der Waals surface area contributed by atoms with E-state index in [4.69, 9.17) is 15.9 Å². The van der Waals surface area contributed by atoms with Gasteiger partial charge in [-0.25, -0.2) is 0 Å². The highest BCUT2D eigenvalue weighted by Gasteiger charge is 2.47. The van der Waals surface area contributed by atoms with Crippen molar-refractivity contribution in [3.63, 3.8) is 0 Å². The predicted molar refractivity (Wildman–Crippen MR) is 87.9 cm³/mol. The Kier molecular flexibility index (Phi) is 6.77. The molecule has 0 radical (unpaired) electrons. The van der Waals surface area contributed by atoms with Gasteiger partial charge in [0.2, 0.25) is 0 Å². The molecule has 0 aliphatic carbocycles. The normalized spacial score (nSPS) is 9.92. The van der Waals surface area contributed by atoms with E-state index in [1.54, 1.807) is 24.3 Å². The van der Waals surface area contributed by atoms with Crippen molar-refractivity contribution < 1.29 is 23.9 Å². The molecule has 0 aromatic heterocycles. The van der Waals surface area contributed by atoms with Gasteiger partial charge in [0.05, 0.1) is 14.2 Å². The molecule has 124 valence electrons. The number of methoxy groups -OCH3 is 2. The van der Waals surface area contributed by atoms with Gasteiger partial charge in [-0.2, -0.15) is 0 Å². The summed E-state index contributed by atoms with van der Waals surface area (Å²) in [6.07, 6.45) is 4.91. The van der Waals surface area contributed by atoms with E-state index in [1.165, 1.54) is 6.92 Å². The van der Waals surface area contributed by atoms with E-state index in [1.807, 2.05) is 0 Å². The molecule has 5 nitrogen and oxygen atoms in total. The highest BCUT2D eigenvalue weighted by Crippen LogP contribution is 2.29. The molecule has 0 saturated heterocycles. The van der Waals surface area contributed by atoms with Crippen molar-refractivity contribution in [2.75, 3.05) is 14.2 Å². The van der Waals surface area contributed by atoms with Crippen molar-refractivity contribution in [1.82, 2.24) is 0 Å². The summed E-state index contributed by atoms with van der Waals surface area (Å²) in [5.41, 5.74) is -0.714. The predicted octanol–water partition coefficient (Wildman–Crippen LogP) is 1.99. The van der Waals surface area contributed by atoms with Gasteiger partial charge in [-0.1, -0.05) is 30.0 Å². The lowest BCUT2D eigenvalue weighted by Crippen LogP contribution is -2.40. The van der Waals surface area contributed by atoms with Crippen LogP contribution in [-0.4, -0.2) is 31.9 Å². The maximum Gasteiger partial charge on any atom is 0.325 e. The Morgan fingerprint density at radius 2 is 1.67 bits per heavy atom. The van der Waals surface area contributed by atoms with Crippen LogP contribution in [0.4, 0.5) is 0 Å². The number of ketones is 1. The van der Waals surface area contributed by atoms with E-state index in [0.717, 1.165) is 14.2 Å². The van der Waals surface area contributed by atoms with Crippen LogP contribution in [0.15, 0.2) is 24.3 Å². The maximum atomic E-state index is 12.1. The summed E-state index contributed by atoms with van der Waals surface area (Å²) in [6, 6.07) is 6.81. The second-order valence-electron chi connectivity index (χ2n) is 5.03. The van der Waals surface area contributed by atoms with Crippen LogP contribution in [0.1, 0.15) is 35.7 Å². The van der Waals surface area contributed by atoms with Crippen LogP contribution in [0.5, 0.6) is 0 Å². The zero-order valence-electron chi connectivity index (χ0n) is 13.8. The maximum absolute atomic E-state index is 12.1. The number of terminal acetylenes is 1. The van der Waals surface area contributed by atoms with Gasteiger partial charge in [0.1, 0.15) is 0 Å². The zero-order valence-corrected chi connectivity index (χ0v) is 13.8. The largest absolute Gasteiger partial charge is 0.468 e. The molecule has 0 spiro atoms. The Morgan fingerprint density at radius 1 is 1.08 bits per heavy atom. The van der Waals surface area contributed by atoms with Crippen molar-refractivity contribution in [2.45, 2.75) is 19.8 Å². The fourth-order valence-corrected chi connectivity index (χ4v) is 2.19. The van der Waals surface area contributed by atoms with Gasteiger partial charge in [-0.3, -0.25) is 14.4 Å². The van der Waals surface area contributed by atoms with E-state index in [2.05, 4.69) is 17.8 Å². The smallest absolute Gasteiger partial charge is 0.325 e. The second-order valence-corrected chi connectivity index (χ2v) is 5.03. The van der Waals surface area contributed by atoms with Crippen molar-refractivity contribution >= 4 is 17.7 Å². The standard InChI is InChI=1S/C19H18O5/c1-5-12-19(17(21)23-3,18(22)24-4)13-8-10-15-9-6-7-11-16(15)14(2)20/h1,6-7,9,11H,12-13H2,2-4H3. The monoisotopic (exact) mass is 326 g/mol. The molecule has 24 heavy (non-hydrogen) atoms. The molecule has 0 bridgehead atoms. The zero-order chi connectivity index (χ0) is 18.2. The number of benzene rings is 1. The molecule has 0 N–H and O–H groups in total. The molecule has 0 aliphatic rings.